The van der Waals surface area contributed by atoms with Gasteiger partial charge < -0.3 is 19.9 Å². The molecule has 0 unspecified atom stereocenters. The lowest BCUT2D eigenvalue weighted by molar-refractivity contribution is -0.253. The number of nitrogens with one attached hydrogen (secondary N) is 1. The van der Waals surface area contributed by atoms with E-state index in [2.05, 4.69) is 16.8 Å². The zero-order valence-corrected chi connectivity index (χ0v) is 24.6. The van der Waals surface area contributed by atoms with E-state index >= 15 is 0 Å². The van der Waals surface area contributed by atoms with E-state index < -0.39 is 46.8 Å². The molecule has 1 aliphatic heterocycles. The summed E-state index contributed by atoms with van der Waals surface area (Å²) < 4.78 is 81.4. The first-order chi connectivity index (χ1) is 21.7. The van der Waals surface area contributed by atoms with Crippen LogP contribution >= 0.6 is 0 Å². The topological polar surface area (TPSA) is 71.0 Å². The molecule has 1 aliphatic carbocycles. The Morgan fingerprint density at radius 3 is 2.04 bits per heavy atom. The number of aliphatic hydroxyl groups is 1. The summed E-state index contributed by atoms with van der Waals surface area (Å²) in [5, 5.41) is 11.7. The highest BCUT2D eigenvalue weighted by Crippen LogP contribution is 2.39. The molecule has 0 radical (unpaired) electrons. The molecular weight excluding hydrogens is 595 g/mol. The first kappa shape index (κ1) is 32.7. The summed E-state index contributed by atoms with van der Waals surface area (Å²) in [7, 11) is 0. The maximum absolute atomic E-state index is 14.0. The Hall–Kier alpha value is -3.64. The minimum absolute atomic E-state index is 0.0631. The van der Waals surface area contributed by atoms with Gasteiger partial charge in [0.2, 0.25) is 5.82 Å². The van der Waals surface area contributed by atoms with Crippen molar-refractivity contribution in [2.24, 2.45) is 0 Å². The molecule has 240 valence electrons. The Kier molecular flexibility index (Phi) is 10.7. The van der Waals surface area contributed by atoms with Gasteiger partial charge in [-0.25, -0.2) is 22.0 Å². The zero-order chi connectivity index (χ0) is 32.1. The van der Waals surface area contributed by atoms with Gasteiger partial charge in [0, 0.05) is 37.7 Å². The Balaban J connectivity index is 1.31. The molecule has 1 heterocycles. The molecule has 0 spiro atoms. The van der Waals surface area contributed by atoms with Crippen LogP contribution in [0.25, 0.3) is 0 Å². The van der Waals surface area contributed by atoms with Gasteiger partial charge in [-0.1, -0.05) is 67.4 Å². The van der Waals surface area contributed by atoms with Crippen molar-refractivity contribution in [2.75, 3.05) is 13.1 Å². The van der Waals surface area contributed by atoms with Crippen LogP contribution in [0.2, 0.25) is 0 Å². The number of halogens is 5. The zero-order valence-electron chi connectivity index (χ0n) is 24.6. The number of hydrogen-bond acceptors (Lipinski definition) is 5. The molecule has 11 heteroatoms. The number of rotatable bonds is 11. The minimum Gasteiger partial charge on any atom is -0.392 e. The predicted molar refractivity (Wildman–Crippen MR) is 156 cm³/mol. The SMILES string of the molecule is C=CCN(C[C@H]1C[C@@H](c2ccc(CO)cc2)O[C@@H](c2ccc(CNC(=O)c3c(F)c(F)c(F)c(F)c3F)cc2)O1)C1CCCC1. The standard InChI is InChI=1S/C34H35F5N2O4/c1-2-15-41(24-5-3-4-6-24)18-25-16-26(22-11-9-21(19-42)10-12-22)45-34(44-25)23-13-7-20(8-14-23)17-40-33(43)27-28(35)30(37)32(39)31(38)29(27)36/h2,7-14,24-26,34,42H,1,3-6,15-19H2,(H,40,43)/t25-,26+,34+/m1/s1. The fourth-order valence-electron chi connectivity index (χ4n) is 5.97. The van der Waals surface area contributed by atoms with Crippen molar-refractivity contribution >= 4 is 5.91 Å². The third-order valence-electron chi connectivity index (χ3n) is 8.40. The highest BCUT2D eigenvalue weighted by molar-refractivity contribution is 5.94. The summed E-state index contributed by atoms with van der Waals surface area (Å²) in [6.07, 6.45) is 6.03. The van der Waals surface area contributed by atoms with Crippen LogP contribution in [0.3, 0.4) is 0 Å². The molecule has 0 aromatic heterocycles. The van der Waals surface area contributed by atoms with E-state index in [0.717, 1.165) is 30.5 Å². The predicted octanol–water partition coefficient (Wildman–Crippen LogP) is 6.78. The van der Waals surface area contributed by atoms with Gasteiger partial charge in [-0.3, -0.25) is 9.69 Å². The maximum atomic E-state index is 14.0. The number of aliphatic hydroxyl groups excluding tert-OH is 1. The highest BCUT2D eigenvalue weighted by atomic mass is 19.2. The quantitative estimate of drug-likeness (QED) is 0.106. The normalized spacial score (nSPS) is 20.5. The highest BCUT2D eigenvalue weighted by Gasteiger charge is 2.35. The largest absolute Gasteiger partial charge is 0.392 e. The number of ether oxygens (including phenoxy) is 2. The van der Waals surface area contributed by atoms with Crippen molar-refractivity contribution in [3.8, 4) is 0 Å². The van der Waals surface area contributed by atoms with E-state index in [0.29, 0.717) is 30.1 Å². The molecule has 3 aromatic rings. The molecule has 0 bridgehead atoms. The van der Waals surface area contributed by atoms with Gasteiger partial charge in [0.15, 0.2) is 29.6 Å². The van der Waals surface area contributed by atoms with E-state index in [1.807, 2.05) is 30.3 Å². The summed E-state index contributed by atoms with van der Waals surface area (Å²) in [6, 6.07) is 14.8. The Bertz CT molecular complexity index is 1470. The lowest BCUT2D eigenvalue weighted by Gasteiger charge is -2.39. The second-order valence-electron chi connectivity index (χ2n) is 11.4. The van der Waals surface area contributed by atoms with Crippen molar-refractivity contribution in [3.63, 3.8) is 0 Å². The molecule has 45 heavy (non-hydrogen) atoms. The van der Waals surface area contributed by atoms with Crippen LogP contribution in [-0.2, 0) is 22.6 Å². The van der Waals surface area contributed by atoms with Crippen molar-refractivity contribution < 1.29 is 41.3 Å². The van der Waals surface area contributed by atoms with Crippen LogP contribution in [0.15, 0.2) is 61.2 Å². The van der Waals surface area contributed by atoms with Gasteiger partial charge in [-0.15, -0.1) is 6.58 Å². The van der Waals surface area contributed by atoms with Gasteiger partial charge in [0.05, 0.1) is 18.8 Å². The van der Waals surface area contributed by atoms with Gasteiger partial charge in [0.1, 0.15) is 5.56 Å². The molecule has 2 N–H and O–H groups in total. The monoisotopic (exact) mass is 630 g/mol. The second-order valence-corrected chi connectivity index (χ2v) is 11.4. The summed E-state index contributed by atoms with van der Waals surface area (Å²) in [6.45, 7) is 5.09. The number of nitrogens with zero attached hydrogens (tertiary/aromatic N) is 1. The van der Waals surface area contributed by atoms with E-state index in [-0.39, 0.29) is 25.4 Å². The summed E-state index contributed by atoms with van der Waals surface area (Å²) in [4.78, 5) is 14.8. The summed E-state index contributed by atoms with van der Waals surface area (Å²) >= 11 is 0. The van der Waals surface area contributed by atoms with E-state index in [9.17, 15) is 31.9 Å². The fraction of sp³-hybridized carbons (Fsp3) is 0.382. The van der Waals surface area contributed by atoms with Crippen molar-refractivity contribution in [3.05, 3.63) is 118 Å². The Morgan fingerprint density at radius 1 is 0.867 bits per heavy atom. The molecule has 3 aromatic carbocycles. The molecule has 2 aliphatic rings. The molecular formula is C34H35F5N2O4. The van der Waals surface area contributed by atoms with Gasteiger partial charge in [-0.2, -0.15) is 0 Å². The van der Waals surface area contributed by atoms with Crippen molar-refractivity contribution in [1.29, 1.82) is 0 Å². The average molecular weight is 631 g/mol. The minimum atomic E-state index is -2.33. The summed E-state index contributed by atoms with van der Waals surface area (Å²) in [5.41, 5.74) is 1.41. The lowest BCUT2D eigenvalue weighted by atomic mass is 9.99. The molecule has 6 nitrogen and oxygen atoms in total. The summed E-state index contributed by atoms with van der Waals surface area (Å²) in [5.74, 6) is -12.5. The van der Waals surface area contributed by atoms with Crippen LogP contribution in [-0.4, -0.2) is 41.1 Å². The van der Waals surface area contributed by atoms with Gasteiger partial charge >= 0.3 is 0 Å². The van der Waals surface area contributed by atoms with E-state index in [1.165, 1.54) is 12.8 Å². The molecule has 5 rings (SSSR count). The molecule has 1 saturated carbocycles. The molecule has 3 atom stereocenters. The van der Waals surface area contributed by atoms with Gasteiger partial charge in [0.25, 0.3) is 5.91 Å². The number of amides is 1. The van der Waals surface area contributed by atoms with Gasteiger partial charge in [-0.05, 0) is 29.5 Å². The number of carbonyl (C=O) groups is 1. The average Bonchev–Trinajstić information content (AvgIpc) is 3.61. The Morgan fingerprint density at radius 2 is 1.44 bits per heavy atom. The first-order valence-electron chi connectivity index (χ1n) is 14.9. The maximum Gasteiger partial charge on any atom is 0.257 e. The molecule has 2 fully saturated rings. The lowest BCUT2D eigenvalue weighted by Crippen LogP contribution is -2.43. The van der Waals surface area contributed by atoms with Crippen molar-refractivity contribution in [2.45, 2.75) is 69.8 Å². The van der Waals surface area contributed by atoms with Crippen LogP contribution in [0.5, 0.6) is 0 Å². The fourth-order valence-corrected chi connectivity index (χ4v) is 5.97. The number of benzene rings is 3. The smallest absolute Gasteiger partial charge is 0.257 e. The van der Waals surface area contributed by atoms with E-state index in [1.54, 1.807) is 24.3 Å². The second kappa shape index (κ2) is 14.6. The van der Waals surface area contributed by atoms with Crippen LogP contribution in [0.1, 0.15) is 77.1 Å². The molecule has 1 saturated heterocycles. The number of carbonyl (C=O) groups excluding carboxylic acids is 1. The van der Waals surface area contributed by atoms with Crippen molar-refractivity contribution in [1.82, 2.24) is 10.2 Å². The van der Waals surface area contributed by atoms with E-state index in [4.69, 9.17) is 9.47 Å². The third-order valence-corrected chi connectivity index (χ3v) is 8.40. The van der Waals surface area contributed by atoms with Crippen LogP contribution in [0, 0.1) is 29.1 Å². The Labute approximate surface area is 258 Å². The molecule has 1 amide bonds. The van der Waals surface area contributed by atoms with Crippen LogP contribution in [0.4, 0.5) is 22.0 Å². The van der Waals surface area contributed by atoms with Crippen LogP contribution < -0.4 is 5.32 Å². The third kappa shape index (κ3) is 7.44. The first-order valence-corrected chi connectivity index (χ1v) is 14.9. The number of hydrogen-bond donors (Lipinski definition) is 2.